The lowest BCUT2D eigenvalue weighted by atomic mass is 10.2. The molecule has 0 saturated carbocycles. The van der Waals surface area contributed by atoms with Gasteiger partial charge in [0.1, 0.15) is 17.1 Å². The molecule has 3 rings (SSSR count). The summed E-state index contributed by atoms with van der Waals surface area (Å²) in [6.45, 7) is 2.07. The van der Waals surface area contributed by atoms with E-state index in [4.69, 9.17) is 14.2 Å². The lowest BCUT2D eigenvalue weighted by Gasteiger charge is -2.08. The second-order valence-corrected chi connectivity index (χ2v) is 6.44. The van der Waals surface area contributed by atoms with Gasteiger partial charge in [0, 0.05) is 0 Å². The number of fused-ring (bicyclic) bond motifs is 1. The van der Waals surface area contributed by atoms with E-state index in [1.165, 1.54) is 18.4 Å². The molecule has 1 aromatic heterocycles. The lowest BCUT2D eigenvalue weighted by molar-refractivity contribution is -0.119. The number of amides is 1. The highest BCUT2D eigenvalue weighted by Crippen LogP contribution is 2.29. The van der Waals surface area contributed by atoms with Crippen molar-refractivity contribution in [2.24, 2.45) is 0 Å². The third-order valence-corrected chi connectivity index (χ3v) is 4.51. The fourth-order valence-electron chi connectivity index (χ4n) is 2.39. The highest BCUT2D eigenvalue weighted by Gasteiger charge is 2.15. The first-order chi connectivity index (χ1) is 13.1. The number of esters is 1. The Morgan fingerprint density at radius 1 is 1.19 bits per heavy atom. The standard InChI is InChI=1S/C19H18N2O5S/c1-3-25-12-8-9-14-16(10-12)27-19(20-14)21-17(22)11-26-18(23)13-6-4-5-7-15(13)24-2/h4-10H,3,11H2,1-2H3,(H,20,21,22). The van der Waals surface area contributed by atoms with Crippen LogP contribution in [0, 0.1) is 0 Å². The Kier molecular flexibility index (Phi) is 5.87. The maximum Gasteiger partial charge on any atom is 0.342 e. The van der Waals surface area contributed by atoms with Gasteiger partial charge < -0.3 is 14.2 Å². The summed E-state index contributed by atoms with van der Waals surface area (Å²) in [5.74, 6) is 0.0343. The van der Waals surface area contributed by atoms with Crippen LogP contribution in [-0.2, 0) is 9.53 Å². The van der Waals surface area contributed by atoms with E-state index < -0.39 is 18.5 Å². The molecule has 140 valence electrons. The van der Waals surface area contributed by atoms with Crippen LogP contribution in [0.15, 0.2) is 42.5 Å². The Bertz CT molecular complexity index is 970. The van der Waals surface area contributed by atoms with Crippen molar-refractivity contribution in [2.75, 3.05) is 25.6 Å². The van der Waals surface area contributed by atoms with E-state index in [-0.39, 0.29) is 5.56 Å². The molecule has 0 aliphatic carbocycles. The van der Waals surface area contributed by atoms with Crippen molar-refractivity contribution in [2.45, 2.75) is 6.92 Å². The van der Waals surface area contributed by atoms with Gasteiger partial charge in [-0.25, -0.2) is 9.78 Å². The third-order valence-electron chi connectivity index (χ3n) is 3.58. The summed E-state index contributed by atoms with van der Waals surface area (Å²) in [5, 5.41) is 3.07. The van der Waals surface area contributed by atoms with Crippen molar-refractivity contribution in [1.82, 2.24) is 4.98 Å². The minimum absolute atomic E-state index is 0.260. The van der Waals surface area contributed by atoms with Gasteiger partial charge in [-0.05, 0) is 37.3 Å². The molecule has 0 atom stereocenters. The van der Waals surface area contributed by atoms with Crippen LogP contribution in [0.1, 0.15) is 17.3 Å². The molecule has 2 aromatic carbocycles. The Hall–Kier alpha value is -3.13. The van der Waals surface area contributed by atoms with Crippen LogP contribution in [0.4, 0.5) is 5.13 Å². The van der Waals surface area contributed by atoms with Gasteiger partial charge in [0.15, 0.2) is 11.7 Å². The van der Waals surface area contributed by atoms with Crippen molar-refractivity contribution in [3.63, 3.8) is 0 Å². The summed E-state index contributed by atoms with van der Waals surface area (Å²) in [4.78, 5) is 28.5. The van der Waals surface area contributed by atoms with Crippen molar-refractivity contribution in [1.29, 1.82) is 0 Å². The lowest BCUT2D eigenvalue weighted by Crippen LogP contribution is -2.21. The highest BCUT2D eigenvalue weighted by molar-refractivity contribution is 7.22. The Morgan fingerprint density at radius 2 is 2.00 bits per heavy atom. The van der Waals surface area contributed by atoms with Crippen LogP contribution < -0.4 is 14.8 Å². The van der Waals surface area contributed by atoms with Gasteiger partial charge in [-0.2, -0.15) is 0 Å². The zero-order valence-electron chi connectivity index (χ0n) is 14.9. The average molecular weight is 386 g/mol. The molecule has 0 aliphatic heterocycles. The van der Waals surface area contributed by atoms with E-state index in [0.29, 0.717) is 17.5 Å². The maximum atomic E-state index is 12.1. The van der Waals surface area contributed by atoms with Gasteiger partial charge in [0.05, 0.1) is 23.9 Å². The molecule has 1 amide bonds. The zero-order valence-corrected chi connectivity index (χ0v) is 15.7. The summed E-state index contributed by atoms with van der Waals surface area (Å²) < 4.78 is 16.5. The number of anilines is 1. The van der Waals surface area contributed by atoms with E-state index in [2.05, 4.69) is 10.3 Å². The predicted molar refractivity (Wildman–Crippen MR) is 103 cm³/mol. The number of nitrogens with one attached hydrogen (secondary N) is 1. The first-order valence-electron chi connectivity index (χ1n) is 8.24. The largest absolute Gasteiger partial charge is 0.496 e. The summed E-state index contributed by atoms with van der Waals surface area (Å²) >= 11 is 1.32. The number of benzene rings is 2. The van der Waals surface area contributed by atoms with E-state index in [1.807, 2.05) is 25.1 Å². The normalized spacial score (nSPS) is 10.4. The number of nitrogens with zero attached hydrogens (tertiary/aromatic N) is 1. The van der Waals surface area contributed by atoms with E-state index in [9.17, 15) is 9.59 Å². The molecule has 27 heavy (non-hydrogen) atoms. The van der Waals surface area contributed by atoms with E-state index in [0.717, 1.165) is 16.0 Å². The molecule has 1 heterocycles. The van der Waals surface area contributed by atoms with Crippen LogP contribution in [0.25, 0.3) is 10.2 Å². The third kappa shape index (κ3) is 4.53. The smallest absolute Gasteiger partial charge is 0.342 e. The van der Waals surface area contributed by atoms with E-state index >= 15 is 0 Å². The number of rotatable bonds is 7. The zero-order chi connectivity index (χ0) is 19.2. The quantitative estimate of drug-likeness (QED) is 0.626. The van der Waals surface area contributed by atoms with Crippen LogP contribution in [0.2, 0.25) is 0 Å². The maximum absolute atomic E-state index is 12.1. The van der Waals surface area contributed by atoms with Crippen LogP contribution >= 0.6 is 11.3 Å². The number of thiazole rings is 1. The van der Waals surface area contributed by atoms with E-state index in [1.54, 1.807) is 24.3 Å². The molecule has 0 radical (unpaired) electrons. The van der Waals surface area contributed by atoms with Crippen molar-refractivity contribution in [3.8, 4) is 11.5 Å². The molecular formula is C19H18N2O5S. The molecule has 0 spiro atoms. The fourth-order valence-corrected chi connectivity index (χ4v) is 3.30. The second kappa shape index (κ2) is 8.50. The Balaban J connectivity index is 1.60. The number of carbonyl (C=O) groups is 2. The monoisotopic (exact) mass is 386 g/mol. The molecule has 8 heteroatoms. The predicted octanol–water partition coefficient (Wildman–Crippen LogP) is 3.50. The van der Waals surface area contributed by atoms with Crippen LogP contribution in [0.3, 0.4) is 0 Å². The van der Waals surface area contributed by atoms with Crippen molar-refractivity contribution >= 4 is 38.6 Å². The number of hydrogen-bond donors (Lipinski definition) is 1. The van der Waals surface area contributed by atoms with Gasteiger partial charge in [0.2, 0.25) is 0 Å². The Morgan fingerprint density at radius 3 is 2.78 bits per heavy atom. The molecule has 0 saturated heterocycles. The molecule has 7 nitrogen and oxygen atoms in total. The molecular weight excluding hydrogens is 368 g/mol. The summed E-state index contributed by atoms with van der Waals surface area (Å²) in [5.41, 5.74) is 1.01. The van der Waals surface area contributed by atoms with Gasteiger partial charge in [-0.1, -0.05) is 23.5 Å². The van der Waals surface area contributed by atoms with Crippen molar-refractivity contribution < 1.29 is 23.8 Å². The second-order valence-electron chi connectivity index (χ2n) is 5.41. The SMILES string of the molecule is CCOc1ccc2nc(NC(=O)COC(=O)c3ccccc3OC)sc2c1. The minimum Gasteiger partial charge on any atom is -0.496 e. The minimum atomic E-state index is -0.631. The molecule has 0 fully saturated rings. The van der Waals surface area contributed by atoms with Gasteiger partial charge in [-0.15, -0.1) is 0 Å². The van der Waals surface area contributed by atoms with Crippen molar-refractivity contribution in [3.05, 3.63) is 48.0 Å². The summed E-state index contributed by atoms with van der Waals surface area (Å²) in [6.07, 6.45) is 0. The molecule has 0 aliphatic rings. The van der Waals surface area contributed by atoms with Gasteiger partial charge in [-0.3, -0.25) is 10.1 Å². The molecule has 0 bridgehead atoms. The topological polar surface area (TPSA) is 86.8 Å². The fraction of sp³-hybridized carbons (Fsp3) is 0.211. The first kappa shape index (κ1) is 18.7. The number of ether oxygens (including phenoxy) is 3. The molecule has 0 unspecified atom stereocenters. The van der Waals surface area contributed by atoms with Crippen LogP contribution in [-0.4, -0.2) is 37.2 Å². The Labute approximate surface area is 159 Å². The van der Waals surface area contributed by atoms with Crippen LogP contribution in [0.5, 0.6) is 11.5 Å². The van der Waals surface area contributed by atoms with Gasteiger partial charge in [0.25, 0.3) is 5.91 Å². The first-order valence-corrected chi connectivity index (χ1v) is 9.05. The number of para-hydroxylation sites is 1. The number of hydrogen-bond acceptors (Lipinski definition) is 7. The number of methoxy groups -OCH3 is 1. The molecule has 1 N–H and O–H groups in total. The summed E-state index contributed by atoms with van der Waals surface area (Å²) in [6, 6.07) is 12.2. The summed E-state index contributed by atoms with van der Waals surface area (Å²) in [7, 11) is 1.46. The van der Waals surface area contributed by atoms with Gasteiger partial charge >= 0.3 is 5.97 Å². The number of carbonyl (C=O) groups excluding carboxylic acids is 2. The highest BCUT2D eigenvalue weighted by atomic mass is 32.1. The molecule has 3 aromatic rings. The average Bonchev–Trinajstić information content (AvgIpc) is 3.07. The number of aromatic nitrogens is 1.